The molecule has 4 rings (SSSR count). The van der Waals surface area contributed by atoms with Gasteiger partial charge < -0.3 is 19.1 Å². The van der Waals surface area contributed by atoms with Crippen molar-refractivity contribution in [2.24, 2.45) is 0 Å². The summed E-state index contributed by atoms with van der Waals surface area (Å²) in [5, 5.41) is 17.0. The van der Waals surface area contributed by atoms with Gasteiger partial charge in [-0.2, -0.15) is 0 Å². The Balaban J connectivity index is 1.69. The number of hydrogen-bond acceptors (Lipinski definition) is 13. The van der Waals surface area contributed by atoms with Crippen molar-refractivity contribution in [2.45, 2.75) is 42.7 Å². The molecule has 3 atom stereocenters. The van der Waals surface area contributed by atoms with Crippen LogP contribution >= 0.6 is 0 Å². The number of nitro groups is 1. The van der Waals surface area contributed by atoms with Crippen molar-refractivity contribution in [2.75, 3.05) is 13.2 Å². The van der Waals surface area contributed by atoms with Gasteiger partial charge in [0.15, 0.2) is 21.6 Å². The Bertz CT molecular complexity index is 1580. The lowest BCUT2D eigenvalue weighted by Crippen LogP contribution is -2.58. The molecule has 2 aliphatic rings. The summed E-state index contributed by atoms with van der Waals surface area (Å²) < 4.78 is 41.4. The summed E-state index contributed by atoms with van der Waals surface area (Å²) in [5.74, 6) is -3.84. The summed E-state index contributed by atoms with van der Waals surface area (Å²) in [6, 6.07) is 3.47. The average molecular weight is 604 g/mol. The number of amides is 1. The van der Waals surface area contributed by atoms with E-state index in [0.29, 0.717) is 5.56 Å². The summed E-state index contributed by atoms with van der Waals surface area (Å²) in [4.78, 5) is 62.6. The number of non-ortho nitro benzene ring substituents is 1. The largest absolute Gasteiger partial charge is 0.459 e. The van der Waals surface area contributed by atoms with Gasteiger partial charge in [-0.05, 0) is 24.6 Å². The minimum atomic E-state index is -4.29. The lowest BCUT2D eigenvalue weighted by atomic mass is 9.96. The van der Waals surface area contributed by atoms with Crippen molar-refractivity contribution < 1.29 is 46.7 Å². The van der Waals surface area contributed by atoms with Gasteiger partial charge in [-0.25, -0.2) is 27.5 Å². The third-order valence-electron chi connectivity index (χ3n) is 6.81. The Hall–Kier alpha value is -4.93. The zero-order valence-electron chi connectivity index (χ0n) is 22.2. The topological polar surface area (TPSA) is 207 Å². The zero-order chi connectivity index (χ0) is 30.8. The molecule has 1 amide bonds. The van der Waals surface area contributed by atoms with E-state index in [9.17, 15) is 37.7 Å². The van der Waals surface area contributed by atoms with Crippen molar-refractivity contribution in [3.63, 3.8) is 0 Å². The molecule has 0 aliphatic carbocycles. The van der Waals surface area contributed by atoms with Crippen LogP contribution in [0.15, 0.2) is 49.6 Å². The molecular weight excluding hydrogens is 578 g/mol. The Kier molecular flexibility index (Phi) is 8.24. The number of nitrogens with zero attached hydrogens (tertiary/aromatic N) is 5. The molecule has 42 heavy (non-hydrogen) atoms. The quantitative estimate of drug-likeness (QED) is 0.0819. The minimum absolute atomic E-state index is 0.184. The molecular formula is C25H25N5O11S. The van der Waals surface area contributed by atoms with Gasteiger partial charge >= 0.3 is 17.9 Å². The van der Waals surface area contributed by atoms with Gasteiger partial charge in [-0.3, -0.25) is 14.9 Å². The number of hydrogen-bond donors (Lipinski definition) is 0. The molecule has 1 aromatic heterocycles. The van der Waals surface area contributed by atoms with Crippen molar-refractivity contribution in [1.82, 2.24) is 19.9 Å². The molecule has 0 unspecified atom stereocenters. The highest BCUT2D eigenvalue weighted by Crippen LogP contribution is 2.47. The number of sulfone groups is 1. The van der Waals surface area contributed by atoms with E-state index in [1.165, 1.54) is 43.3 Å². The summed E-state index contributed by atoms with van der Waals surface area (Å²) in [7, 11) is -4.29. The smallest absolute Gasteiger partial charge is 0.361 e. The number of fused-ring (bicyclic) bond motifs is 1. The van der Waals surface area contributed by atoms with Gasteiger partial charge in [0.1, 0.15) is 29.9 Å². The fourth-order valence-corrected chi connectivity index (χ4v) is 7.03. The Morgan fingerprint density at radius 2 is 1.74 bits per heavy atom. The fourth-order valence-electron chi connectivity index (χ4n) is 4.68. The maximum absolute atomic E-state index is 13.7. The lowest BCUT2D eigenvalue weighted by Gasteiger charge is -2.36. The van der Waals surface area contributed by atoms with Crippen LogP contribution < -0.4 is 0 Å². The van der Waals surface area contributed by atoms with E-state index in [0.717, 1.165) is 9.58 Å². The number of benzene rings is 1. The molecule has 3 heterocycles. The van der Waals surface area contributed by atoms with Gasteiger partial charge in [-0.15, -0.1) is 5.10 Å². The Morgan fingerprint density at radius 1 is 1.12 bits per heavy atom. The van der Waals surface area contributed by atoms with E-state index in [1.807, 2.05) is 0 Å². The lowest BCUT2D eigenvalue weighted by molar-refractivity contribution is -0.384. The highest BCUT2D eigenvalue weighted by atomic mass is 32.2. The van der Waals surface area contributed by atoms with Gasteiger partial charge in [0.05, 0.1) is 17.9 Å². The second kappa shape index (κ2) is 11.5. The molecule has 0 spiro atoms. The summed E-state index contributed by atoms with van der Waals surface area (Å²) in [6.45, 7) is 6.51. The van der Waals surface area contributed by atoms with Crippen molar-refractivity contribution in [1.29, 1.82) is 0 Å². The Morgan fingerprint density at radius 3 is 2.31 bits per heavy atom. The number of β-lactam (4-membered cyclic amide) rings is 1. The second-order valence-electron chi connectivity index (χ2n) is 9.47. The van der Waals surface area contributed by atoms with E-state index in [-0.39, 0.29) is 31.9 Å². The number of carbonyl (C=O) groups is 4. The number of esters is 3. The van der Waals surface area contributed by atoms with Crippen LogP contribution in [0.3, 0.4) is 0 Å². The molecule has 222 valence electrons. The maximum Gasteiger partial charge on any atom is 0.361 e. The van der Waals surface area contributed by atoms with Crippen LogP contribution in [0.1, 0.15) is 39.9 Å². The molecule has 0 saturated carbocycles. The monoisotopic (exact) mass is 603 g/mol. The van der Waals surface area contributed by atoms with E-state index in [2.05, 4.69) is 23.5 Å². The van der Waals surface area contributed by atoms with Gasteiger partial charge in [0.2, 0.25) is 11.6 Å². The highest BCUT2D eigenvalue weighted by Gasteiger charge is 2.70. The number of nitro benzene ring substituents is 1. The number of ether oxygens (including phenoxy) is 3. The molecule has 1 aromatic carbocycles. The summed E-state index contributed by atoms with van der Waals surface area (Å²) >= 11 is 0. The first-order valence-electron chi connectivity index (χ1n) is 12.3. The predicted molar refractivity (Wildman–Crippen MR) is 140 cm³/mol. The van der Waals surface area contributed by atoms with Crippen LogP contribution in [-0.4, -0.2) is 86.4 Å². The van der Waals surface area contributed by atoms with Crippen LogP contribution in [0.5, 0.6) is 0 Å². The molecule has 16 nitrogen and oxygen atoms in total. The van der Waals surface area contributed by atoms with Crippen LogP contribution in [0.2, 0.25) is 0 Å². The maximum atomic E-state index is 13.7. The third-order valence-corrected chi connectivity index (χ3v) is 9.58. The highest BCUT2D eigenvalue weighted by molar-refractivity contribution is 7.93. The average Bonchev–Trinajstić information content (AvgIpc) is 3.42. The normalized spacial score (nSPS) is 21.9. The second-order valence-corrected chi connectivity index (χ2v) is 12.0. The summed E-state index contributed by atoms with van der Waals surface area (Å²) in [6.07, 6.45) is 2.17. The first kappa shape index (κ1) is 30.0. The number of rotatable bonds is 12. The van der Waals surface area contributed by atoms with E-state index in [4.69, 9.17) is 14.2 Å². The van der Waals surface area contributed by atoms with Crippen LogP contribution in [-0.2, 0) is 46.8 Å². The van der Waals surface area contributed by atoms with E-state index in [1.54, 1.807) is 0 Å². The third kappa shape index (κ3) is 5.13. The molecule has 2 aliphatic heterocycles. The molecule has 0 bridgehead atoms. The molecule has 0 N–H and O–H groups in total. The fraction of sp³-hybridized carbons (Fsp3) is 0.360. The van der Waals surface area contributed by atoms with E-state index >= 15 is 0 Å². The zero-order valence-corrected chi connectivity index (χ0v) is 23.0. The van der Waals surface area contributed by atoms with Crippen LogP contribution in [0, 0.1) is 10.1 Å². The number of aromatic nitrogens is 3. The van der Waals surface area contributed by atoms with Crippen molar-refractivity contribution >= 4 is 39.3 Å². The van der Waals surface area contributed by atoms with Gasteiger partial charge in [0.25, 0.3) is 5.69 Å². The van der Waals surface area contributed by atoms with Crippen LogP contribution in [0.25, 0.3) is 0 Å². The SMILES string of the molecule is C=CCOC(=O)c1nnn(C[C@@]2(C)[C@H](C(=O)OCc3ccc([N+](=O)[O-])cc3)N3C(=O)C[C@H]3S2(=O)=O)c1C(=O)OCC=C. The summed E-state index contributed by atoms with van der Waals surface area (Å²) in [5.41, 5.74) is -0.923. The molecule has 2 aromatic rings. The minimum Gasteiger partial charge on any atom is -0.459 e. The molecule has 2 fully saturated rings. The molecule has 0 radical (unpaired) electrons. The van der Waals surface area contributed by atoms with Gasteiger partial charge in [0, 0.05) is 12.1 Å². The van der Waals surface area contributed by atoms with E-state index < -0.39 is 72.7 Å². The number of carbonyl (C=O) groups excluding carboxylic acids is 4. The van der Waals surface area contributed by atoms with Crippen molar-refractivity contribution in [3.8, 4) is 0 Å². The molecule has 17 heteroatoms. The first-order valence-corrected chi connectivity index (χ1v) is 13.9. The Labute approximate surface area is 238 Å². The van der Waals surface area contributed by atoms with Crippen LogP contribution in [0.4, 0.5) is 5.69 Å². The van der Waals surface area contributed by atoms with Crippen molar-refractivity contribution in [3.05, 3.63) is 76.6 Å². The van der Waals surface area contributed by atoms with Gasteiger partial charge in [-0.1, -0.05) is 30.5 Å². The predicted octanol–water partition coefficient (Wildman–Crippen LogP) is 0.729. The molecule has 2 saturated heterocycles. The first-order chi connectivity index (χ1) is 19.9. The standard InChI is InChI=1S/C25H25N5O11S/c1-4-10-39-22(32)19-20(23(33)40-11-5-2)28(27-26-19)14-25(3)21(29-17(31)12-18(29)42(25,37)38)24(34)41-13-15-6-8-16(9-7-15)30(35)36/h4-9,18,21H,1-2,10-14H2,3H3/t18-,21+,25+/m1/s1.